The fourth-order valence-electron chi connectivity index (χ4n) is 2.10. The molecule has 1 unspecified atom stereocenters. The predicted octanol–water partition coefficient (Wildman–Crippen LogP) is 2.04. The molecule has 2 aromatic rings. The molecule has 1 atom stereocenters. The average molecular weight is 318 g/mol. The highest BCUT2D eigenvalue weighted by Crippen LogP contribution is 2.14. The molecule has 124 valence electrons. The molecule has 1 aromatic carbocycles. The number of ether oxygens (including phenoxy) is 2. The normalized spacial score (nSPS) is 11.9. The average Bonchev–Trinajstić information content (AvgIpc) is 3.02. The van der Waals surface area contributed by atoms with E-state index in [0.29, 0.717) is 25.4 Å². The minimum atomic E-state index is -0.297. The van der Waals surface area contributed by atoms with Gasteiger partial charge < -0.3 is 20.1 Å². The monoisotopic (exact) mass is 318 g/mol. The fourth-order valence-corrected chi connectivity index (χ4v) is 2.10. The Hall–Kier alpha value is -2.38. The molecule has 0 spiro atoms. The highest BCUT2D eigenvalue weighted by Gasteiger charge is 2.12. The summed E-state index contributed by atoms with van der Waals surface area (Å²) in [7, 11) is 3.26. The molecule has 0 aliphatic rings. The van der Waals surface area contributed by atoms with Crippen molar-refractivity contribution in [2.24, 2.45) is 0 Å². The number of hydrogen-bond acceptors (Lipinski definition) is 4. The van der Waals surface area contributed by atoms with Crippen molar-refractivity contribution < 1.29 is 14.3 Å². The molecule has 0 aliphatic carbocycles. The summed E-state index contributed by atoms with van der Waals surface area (Å²) >= 11 is 0. The van der Waals surface area contributed by atoms with Gasteiger partial charge in [-0.15, -0.1) is 0 Å². The Morgan fingerprint density at radius 3 is 2.78 bits per heavy atom. The summed E-state index contributed by atoms with van der Waals surface area (Å²) in [5.74, 6) is 0. The zero-order valence-electron chi connectivity index (χ0n) is 13.4. The van der Waals surface area contributed by atoms with E-state index in [2.05, 4.69) is 15.7 Å². The second kappa shape index (κ2) is 8.92. The zero-order valence-corrected chi connectivity index (χ0v) is 13.4. The lowest BCUT2D eigenvalue weighted by Gasteiger charge is -2.16. The lowest BCUT2D eigenvalue weighted by molar-refractivity contribution is 0.104. The molecule has 0 fully saturated rings. The minimum absolute atomic E-state index is 0.189. The first kappa shape index (κ1) is 17.0. The number of nitrogens with zero attached hydrogens (tertiary/aromatic N) is 2. The smallest absolute Gasteiger partial charge is 0.319 e. The van der Waals surface area contributed by atoms with Gasteiger partial charge in [0.25, 0.3) is 0 Å². The summed E-state index contributed by atoms with van der Waals surface area (Å²) < 4.78 is 12.1. The Morgan fingerprint density at radius 2 is 2.09 bits per heavy atom. The number of rotatable bonds is 8. The van der Waals surface area contributed by atoms with Crippen molar-refractivity contribution in [1.82, 2.24) is 15.1 Å². The number of carbonyl (C=O) groups excluding carboxylic acids is 1. The molecule has 2 amide bonds. The summed E-state index contributed by atoms with van der Waals surface area (Å²) in [4.78, 5) is 11.9. The quantitative estimate of drug-likeness (QED) is 0.781. The molecule has 2 N–H and O–H groups in total. The second-order valence-corrected chi connectivity index (χ2v) is 4.95. The molecule has 2 rings (SSSR count). The van der Waals surface area contributed by atoms with Gasteiger partial charge in [0.15, 0.2) is 0 Å². The molecular weight excluding hydrogens is 296 g/mol. The van der Waals surface area contributed by atoms with E-state index in [4.69, 9.17) is 9.47 Å². The van der Waals surface area contributed by atoms with Crippen molar-refractivity contribution in [2.75, 3.05) is 32.7 Å². The third-order valence-electron chi connectivity index (χ3n) is 3.32. The molecule has 0 radical (unpaired) electrons. The topological polar surface area (TPSA) is 77.4 Å². The lowest BCUT2D eigenvalue weighted by Crippen LogP contribution is -2.32. The molecular formula is C16H22N4O3. The van der Waals surface area contributed by atoms with Gasteiger partial charge >= 0.3 is 6.03 Å². The molecule has 0 aliphatic heterocycles. The fraction of sp³-hybridized carbons (Fsp3) is 0.375. The van der Waals surface area contributed by atoms with Crippen LogP contribution in [0.15, 0.2) is 42.7 Å². The summed E-state index contributed by atoms with van der Waals surface area (Å²) in [5, 5.41) is 9.67. The number of aromatic nitrogens is 2. The van der Waals surface area contributed by atoms with Gasteiger partial charge in [0, 0.05) is 27.0 Å². The van der Waals surface area contributed by atoms with Crippen LogP contribution < -0.4 is 10.6 Å². The maximum Gasteiger partial charge on any atom is 0.319 e. The number of carbonyl (C=O) groups is 1. The van der Waals surface area contributed by atoms with Crippen LogP contribution in [0.2, 0.25) is 0 Å². The highest BCUT2D eigenvalue weighted by atomic mass is 16.5. The van der Waals surface area contributed by atoms with E-state index >= 15 is 0 Å². The van der Waals surface area contributed by atoms with E-state index in [1.807, 2.05) is 30.3 Å². The summed E-state index contributed by atoms with van der Waals surface area (Å²) in [6, 6.07) is 9.46. The van der Waals surface area contributed by atoms with Gasteiger partial charge in [-0.25, -0.2) is 4.79 Å². The zero-order chi connectivity index (χ0) is 16.5. The number of nitrogens with one attached hydrogen (secondary N) is 2. The molecule has 0 saturated heterocycles. The van der Waals surface area contributed by atoms with Crippen LogP contribution in [-0.4, -0.2) is 43.2 Å². The largest absolute Gasteiger partial charge is 0.383 e. The van der Waals surface area contributed by atoms with Gasteiger partial charge in [0.05, 0.1) is 31.1 Å². The first-order valence-corrected chi connectivity index (χ1v) is 7.37. The summed E-state index contributed by atoms with van der Waals surface area (Å²) in [5.41, 5.74) is 1.65. The third kappa shape index (κ3) is 5.39. The molecule has 7 heteroatoms. The lowest BCUT2D eigenvalue weighted by atomic mass is 10.1. The highest BCUT2D eigenvalue weighted by molar-refractivity contribution is 5.88. The summed E-state index contributed by atoms with van der Waals surface area (Å²) in [6.45, 7) is 1.59. The molecule has 23 heavy (non-hydrogen) atoms. The molecule has 1 aromatic heterocycles. The first-order chi connectivity index (χ1) is 11.2. The predicted molar refractivity (Wildman–Crippen MR) is 87.3 cm³/mol. The Labute approximate surface area is 135 Å². The molecule has 1 heterocycles. The van der Waals surface area contributed by atoms with E-state index in [1.54, 1.807) is 31.3 Å². The standard InChI is InChI=1S/C16H22N4O3/c1-22-9-8-20-12-14(10-18-20)19-16(21)17-11-15(23-2)13-6-4-3-5-7-13/h3-7,10,12,15H,8-9,11H2,1-2H3,(H2,17,19,21). The molecule has 0 saturated carbocycles. The van der Waals surface area contributed by atoms with Crippen LogP contribution in [0.4, 0.5) is 10.5 Å². The van der Waals surface area contributed by atoms with Crippen molar-refractivity contribution in [3.05, 3.63) is 48.3 Å². The van der Waals surface area contributed by atoms with Gasteiger partial charge in [-0.3, -0.25) is 4.68 Å². The Kier molecular flexibility index (Phi) is 6.58. The van der Waals surface area contributed by atoms with Crippen molar-refractivity contribution in [3.63, 3.8) is 0 Å². The van der Waals surface area contributed by atoms with Gasteiger partial charge in [-0.2, -0.15) is 5.10 Å². The van der Waals surface area contributed by atoms with Crippen LogP contribution in [0.25, 0.3) is 0 Å². The Bertz CT molecular complexity index is 600. The van der Waals surface area contributed by atoms with Crippen molar-refractivity contribution >= 4 is 11.7 Å². The maximum absolute atomic E-state index is 11.9. The Morgan fingerprint density at radius 1 is 1.30 bits per heavy atom. The van der Waals surface area contributed by atoms with E-state index in [1.165, 1.54) is 0 Å². The minimum Gasteiger partial charge on any atom is -0.383 e. The first-order valence-electron chi connectivity index (χ1n) is 7.37. The van der Waals surface area contributed by atoms with E-state index in [-0.39, 0.29) is 12.1 Å². The van der Waals surface area contributed by atoms with Crippen molar-refractivity contribution in [1.29, 1.82) is 0 Å². The third-order valence-corrected chi connectivity index (χ3v) is 3.32. The van der Waals surface area contributed by atoms with Crippen LogP contribution in [0.3, 0.4) is 0 Å². The maximum atomic E-state index is 11.9. The van der Waals surface area contributed by atoms with E-state index in [0.717, 1.165) is 5.56 Å². The van der Waals surface area contributed by atoms with Crippen LogP contribution in [0, 0.1) is 0 Å². The number of amides is 2. The van der Waals surface area contributed by atoms with Gasteiger partial charge in [0.2, 0.25) is 0 Å². The van der Waals surface area contributed by atoms with Gasteiger partial charge in [-0.05, 0) is 5.56 Å². The van der Waals surface area contributed by atoms with Gasteiger partial charge in [0.1, 0.15) is 0 Å². The van der Waals surface area contributed by atoms with Crippen molar-refractivity contribution in [2.45, 2.75) is 12.6 Å². The van der Waals surface area contributed by atoms with Crippen LogP contribution >= 0.6 is 0 Å². The number of urea groups is 1. The number of anilines is 1. The second-order valence-electron chi connectivity index (χ2n) is 4.95. The van der Waals surface area contributed by atoms with Crippen LogP contribution in [0.1, 0.15) is 11.7 Å². The molecule has 7 nitrogen and oxygen atoms in total. The number of hydrogen-bond donors (Lipinski definition) is 2. The number of benzene rings is 1. The SMILES string of the molecule is COCCn1cc(NC(=O)NCC(OC)c2ccccc2)cn1. The van der Waals surface area contributed by atoms with Crippen molar-refractivity contribution in [3.8, 4) is 0 Å². The Balaban J connectivity index is 1.81. The van der Waals surface area contributed by atoms with Crippen LogP contribution in [-0.2, 0) is 16.0 Å². The summed E-state index contributed by atoms with van der Waals surface area (Å²) in [6.07, 6.45) is 3.16. The van der Waals surface area contributed by atoms with E-state index in [9.17, 15) is 4.79 Å². The van der Waals surface area contributed by atoms with Gasteiger partial charge in [-0.1, -0.05) is 30.3 Å². The van der Waals surface area contributed by atoms with E-state index < -0.39 is 0 Å². The van der Waals surface area contributed by atoms with Crippen LogP contribution in [0.5, 0.6) is 0 Å². The molecule has 0 bridgehead atoms. The number of methoxy groups -OCH3 is 2.